The van der Waals surface area contributed by atoms with E-state index in [4.69, 9.17) is 10.5 Å². The number of halogens is 3. The number of ether oxygens (including phenoxy) is 1. The van der Waals surface area contributed by atoms with Gasteiger partial charge in [0.2, 0.25) is 0 Å². The van der Waals surface area contributed by atoms with Crippen LogP contribution in [-0.4, -0.2) is 16.8 Å². The minimum absolute atomic E-state index is 0.157. The van der Waals surface area contributed by atoms with E-state index in [1.54, 1.807) is 6.92 Å². The molecule has 0 atom stereocenters. The largest absolute Gasteiger partial charge is 0.493 e. The van der Waals surface area contributed by atoms with Gasteiger partial charge in [-0.05, 0) is 37.3 Å². The van der Waals surface area contributed by atoms with Crippen molar-refractivity contribution in [1.29, 1.82) is 0 Å². The van der Waals surface area contributed by atoms with Gasteiger partial charge in [-0.2, -0.15) is 13.2 Å². The summed E-state index contributed by atoms with van der Waals surface area (Å²) in [6, 6.07) is 6.76. The normalized spacial score (nSPS) is 11.4. The van der Waals surface area contributed by atoms with Crippen molar-refractivity contribution in [2.75, 3.05) is 12.3 Å². The van der Waals surface area contributed by atoms with E-state index in [2.05, 4.69) is 10.2 Å². The highest BCUT2D eigenvalue weighted by Crippen LogP contribution is 2.38. The third-order valence-electron chi connectivity index (χ3n) is 2.57. The van der Waals surface area contributed by atoms with E-state index in [1.807, 2.05) is 0 Å². The molecule has 2 rings (SSSR count). The second-order valence-electron chi connectivity index (χ2n) is 3.99. The molecule has 20 heavy (non-hydrogen) atoms. The lowest BCUT2D eigenvalue weighted by Crippen LogP contribution is -2.09. The zero-order chi connectivity index (χ0) is 14.8. The summed E-state index contributed by atoms with van der Waals surface area (Å²) in [5, 5.41) is 7.39. The highest BCUT2D eigenvalue weighted by Gasteiger charge is 2.34. The second kappa shape index (κ2) is 5.36. The number of rotatable bonds is 3. The smallest absolute Gasteiger partial charge is 0.419 e. The van der Waals surface area contributed by atoms with Gasteiger partial charge in [0.15, 0.2) is 0 Å². The summed E-state index contributed by atoms with van der Waals surface area (Å²) >= 11 is 0. The van der Waals surface area contributed by atoms with Crippen molar-refractivity contribution in [2.45, 2.75) is 13.1 Å². The molecule has 0 saturated carbocycles. The van der Waals surface area contributed by atoms with Crippen LogP contribution in [0.1, 0.15) is 12.5 Å². The first-order valence-electron chi connectivity index (χ1n) is 5.85. The molecule has 0 bridgehead atoms. The molecule has 0 saturated heterocycles. The zero-order valence-corrected chi connectivity index (χ0v) is 10.6. The van der Waals surface area contributed by atoms with Crippen molar-refractivity contribution in [3.05, 3.63) is 35.9 Å². The standard InChI is InChI=1S/C13H12F3N3O/c1-2-20-11-5-3-8(7-9(11)13(14,15)16)10-4-6-12(17)19-18-10/h3-7H,2H2,1H3,(H2,17,19). The minimum Gasteiger partial charge on any atom is -0.493 e. The topological polar surface area (TPSA) is 61.0 Å². The maximum Gasteiger partial charge on any atom is 0.419 e. The molecule has 0 amide bonds. The molecule has 1 aromatic heterocycles. The van der Waals surface area contributed by atoms with Gasteiger partial charge < -0.3 is 10.5 Å². The molecule has 0 fully saturated rings. The molecule has 0 aliphatic rings. The molecule has 0 unspecified atom stereocenters. The maximum absolute atomic E-state index is 13.0. The summed E-state index contributed by atoms with van der Waals surface area (Å²) in [5.74, 6) is 0.00267. The summed E-state index contributed by atoms with van der Waals surface area (Å²) in [7, 11) is 0. The average molecular weight is 283 g/mol. The average Bonchev–Trinajstić information content (AvgIpc) is 2.39. The van der Waals surface area contributed by atoms with Crippen molar-refractivity contribution in [2.24, 2.45) is 0 Å². The monoisotopic (exact) mass is 283 g/mol. The quantitative estimate of drug-likeness (QED) is 0.940. The number of hydrogen-bond donors (Lipinski definition) is 1. The van der Waals surface area contributed by atoms with E-state index >= 15 is 0 Å². The van der Waals surface area contributed by atoms with Crippen molar-refractivity contribution in [3.63, 3.8) is 0 Å². The molecule has 0 radical (unpaired) electrons. The first-order chi connectivity index (χ1) is 9.41. The van der Waals surface area contributed by atoms with E-state index < -0.39 is 11.7 Å². The minimum atomic E-state index is -4.50. The fraction of sp³-hybridized carbons (Fsp3) is 0.231. The van der Waals surface area contributed by atoms with Gasteiger partial charge in [-0.25, -0.2) is 0 Å². The van der Waals surface area contributed by atoms with Gasteiger partial charge in [-0.3, -0.25) is 0 Å². The Morgan fingerprint density at radius 2 is 1.90 bits per heavy atom. The predicted molar refractivity (Wildman–Crippen MR) is 68.1 cm³/mol. The number of nitrogen functional groups attached to an aromatic ring is 1. The Morgan fingerprint density at radius 3 is 2.45 bits per heavy atom. The Hall–Kier alpha value is -2.31. The molecule has 1 aromatic carbocycles. The van der Waals surface area contributed by atoms with Crippen LogP contribution in [0.15, 0.2) is 30.3 Å². The lowest BCUT2D eigenvalue weighted by molar-refractivity contribution is -0.138. The molecule has 0 aliphatic heterocycles. The van der Waals surface area contributed by atoms with Crippen LogP contribution in [-0.2, 0) is 6.18 Å². The molecule has 0 spiro atoms. The lowest BCUT2D eigenvalue weighted by atomic mass is 10.1. The van der Waals surface area contributed by atoms with Crippen LogP contribution in [0.5, 0.6) is 5.75 Å². The van der Waals surface area contributed by atoms with Crippen LogP contribution in [0.3, 0.4) is 0 Å². The molecular weight excluding hydrogens is 271 g/mol. The fourth-order valence-electron chi connectivity index (χ4n) is 1.69. The Balaban J connectivity index is 2.49. The Labute approximate surface area is 113 Å². The number of nitrogens with zero attached hydrogens (tertiary/aromatic N) is 2. The molecule has 106 valence electrons. The molecule has 2 aromatic rings. The van der Waals surface area contributed by atoms with E-state index in [0.29, 0.717) is 11.3 Å². The van der Waals surface area contributed by atoms with Crippen LogP contribution >= 0.6 is 0 Å². The number of alkyl halides is 3. The van der Waals surface area contributed by atoms with Crippen molar-refractivity contribution >= 4 is 5.82 Å². The number of aromatic nitrogens is 2. The molecular formula is C13H12F3N3O. The fourth-order valence-corrected chi connectivity index (χ4v) is 1.69. The van der Waals surface area contributed by atoms with Crippen molar-refractivity contribution < 1.29 is 17.9 Å². The highest BCUT2D eigenvalue weighted by atomic mass is 19.4. The van der Waals surface area contributed by atoms with Crippen LogP contribution in [0.25, 0.3) is 11.3 Å². The molecule has 0 aliphatic carbocycles. The number of anilines is 1. The first-order valence-corrected chi connectivity index (χ1v) is 5.85. The van der Waals surface area contributed by atoms with Gasteiger partial charge in [0, 0.05) is 5.56 Å². The molecule has 4 nitrogen and oxygen atoms in total. The number of benzene rings is 1. The molecule has 7 heteroatoms. The predicted octanol–water partition coefficient (Wildman–Crippen LogP) is 3.14. The van der Waals surface area contributed by atoms with Crippen LogP contribution in [0, 0.1) is 0 Å². The van der Waals surface area contributed by atoms with Crippen LogP contribution in [0.4, 0.5) is 19.0 Å². The summed E-state index contributed by atoms with van der Waals surface area (Å²) in [4.78, 5) is 0. The summed E-state index contributed by atoms with van der Waals surface area (Å²) in [6.07, 6.45) is -4.50. The van der Waals surface area contributed by atoms with Gasteiger partial charge in [-0.15, -0.1) is 10.2 Å². The third kappa shape index (κ3) is 2.98. The molecule has 2 N–H and O–H groups in total. The summed E-state index contributed by atoms with van der Waals surface area (Å²) < 4.78 is 44.0. The third-order valence-corrected chi connectivity index (χ3v) is 2.57. The van der Waals surface area contributed by atoms with Crippen molar-refractivity contribution in [3.8, 4) is 17.0 Å². The second-order valence-corrected chi connectivity index (χ2v) is 3.99. The summed E-state index contributed by atoms with van der Waals surface area (Å²) in [5.41, 5.74) is 5.17. The Bertz CT molecular complexity index is 597. The Kier molecular flexibility index (Phi) is 3.78. The SMILES string of the molecule is CCOc1ccc(-c2ccc(N)nn2)cc1C(F)(F)F. The van der Waals surface area contributed by atoms with Gasteiger partial charge in [-0.1, -0.05) is 0 Å². The highest BCUT2D eigenvalue weighted by molar-refractivity contribution is 5.62. The van der Waals surface area contributed by atoms with E-state index in [9.17, 15) is 13.2 Å². The van der Waals surface area contributed by atoms with Gasteiger partial charge in [0.05, 0.1) is 17.9 Å². The van der Waals surface area contributed by atoms with E-state index in [1.165, 1.54) is 24.3 Å². The Morgan fingerprint density at radius 1 is 1.15 bits per heavy atom. The number of hydrogen-bond acceptors (Lipinski definition) is 4. The van der Waals surface area contributed by atoms with E-state index in [-0.39, 0.29) is 18.2 Å². The first kappa shape index (κ1) is 14.1. The van der Waals surface area contributed by atoms with Crippen molar-refractivity contribution in [1.82, 2.24) is 10.2 Å². The maximum atomic E-state index is 13.0. The van der Waals surface area contributed by atoms with E-state index in [0.717, 1.165) is 6.07 Å². The zero-order valence-electron chi connectivity index (χ0n) is 10.6. The van der Waals surface area contributed by atoms with Gasteiger partial charge in [0.25, 0.3) is 0 Å². The van der Waals surface area contributed by atoms with Crippen LogP contribution < -0.4 is 10.5 Å². The number of nitrogens with two attached hydrogens (primary N) is 1. The lowest BCUT2D eigenvalue weighted by Gasteiger charge is -2.14. The summed E-state index contributed by atoms with van der Waals surface area (Å²) in [6.45, 7) is 1.78. The van der Waals surface area contributed by atoms with Gasteiger partial charge >= 0.3 is 6.18 Å². The van der Waals surface area contributed by atoms with Gasteiger partial charge in [0.1, 0.15) is 11.6 Å². The molecule has 1 heterocycles. The van der Waals surface area contributed by atoms with Crippen LogP contribution in [0.2, 0.25) is 0 Å².